The summed E-state index contributed by atoms with van der Waals surface area (Å²) in [5.74, 6) is 2.07. The van der Waals surface area contributed by atoms with Crippen LogP contribution in [0.5, 0.6) is 5.75 Å². The third kappa shape index (κ3) is 4.71. The summed E-state index contributed by atoms with van der Waals surface area (Å²) in [6.45, 7) is 9.72. The molecule has 0 N–H and O–H groups in total. The fourth-order valence-electron chi connectivity index (χ4n) is 3.30. The van der Waals surface area contributed by atoms with Crippen molar-refractivity contribution < 1.29 is 9.53 Å². The molecule has 148 valence electrons. The molecule has 0 saturated heterocycles. The summed E-state index contributed by atoms with van der Waals surface area (Å²) in [6, 6.07) is 17.7. The molecule has 5 heteroatoms. The average molecular weight is 380 g/mol. The predicted molar refractivity (Wildman–Crippen MR) is 112 cm³/mol. The Morgan fingerprint density at radius 2 is 1.71 bits per heavy atom. The maximum Gasteiger partial charge on any atom is 0.242 e. The zero-order valence-electron chi connectivity index (χ0n) is 17.1. The number of aromatic nitrogens is 2. The minimum Gasteiger partial charge on any atom is -0.486 e. The second kappa shape index (κ2) is 8.91. The van der Waals surface area contributed by atoms with Crippen LogP contribution >= 0.6 is 0 Å². The first kappa shape index (κ1) is 19.9. The third-order valence-corrected chi connectivity index (χ3v) is 4.64. The quantitative estimate of drug-likeness (QED) is 0.579. The molecular weight excluding hydrogens is 350 g/mol. The summed E-state index contributed by atoms with van der Waals surface area (Å²) in [5.41, 5.74) is 1.83. The number of amides is 1. The van der Waals surface area contributed by atoms with Gasteiger partial charge in [0, 0.05) is 12.6 Å². The van der Waals surface area contributed by atoms with Crippen molar-refractivity contribution in [2.75, 3.05) is 6.54 Å². The van der Waals surface area contributed by atoms with Gasteiger partial charge >= 0.3 is 0 Å². The van der Waals surface area contributed by atoms with E-state index in [0.717, 1.165) is 29.2 Å². The van der Waals surface area contributed by atoms with Crippen LogP contribution < -0.4 is 4.74 Å². The number of hydrogen-bond donors (Lipinski definition) is 0. The van der Waals surface area contributed by atoms with E-state index in [9.17, 15) is 4.79 Å². The van der Waals surface area contributed by atoms with Gasteiger partial charge in [-0.1, -0.05) is 44.2 Å². The van der Waals surface area contributed by atoms with Gasteiger partial charge in [-0.15, -0.1) is 0 Å². The van der Waals surface area contributed by atoms with E-state index >= 15 is 0 Å². The molecule has 5 nitrogen and oxygen atoms in total. The smallest absolute Gasteiger partial charge is 0.242 e. The monoisotopic (exact) mass is 379 g/mol. The van der Waals surface area contributed by atoms with E-state index in [1.165, 1.54) is 0 Å². The van der Waals surface area contributed by atoms with E-state index in [0.29, 0.717) is 12.5 Å². The number of ether oxygens (including phenoxy) is 1. The van der Waals surface area contributed by atoms with E-state index in [1.807, 2.05) is 64.1 Å². The highest BCUT2D eigenvalue weighted by molar-refractivity contribution is 5.81. The number of para-hydroxylation sites is 3. The summed E-state index contributed by atoms with van der Waals surface area (Å²) in [4.78, 5) is 19.8. The van der Waals surface area contributed by atoms with Crippen LogP contribution in [-0.2, 0) is 17.9 Å². The lowest BCUT2D eigenvalue weighted by molar-refractivity contribution is -0.134. The molecule has 2 aromatic carbocycles. The van der Waals surface area contributed by atoms with Gasteiger partial charge in [-0.05, 0) is 44.0 Å². The Labute approximate surface area is 166 Å². The Morgan fingerprint density at radius 1 is 1.04 bits per heavy atom. The van der Waals surface area contributed by atoms with Crippen LogP contribution in [0.4, 0.5) is 0 Å². The number of rotatable bonds is 8. The summed E-state index contributed by atoms with van der Waals surface area (Å²) in [6.07, 6.45) is 0. The fraction of sp³-hybridized carbons (Fsp3) is 0.391. The minimum absolute atomic E-state index is 0.104. The van der Waals surface area contributed by atoms with Gasteiger partial charge in [-0.25, -0.2) is 4.98 Å². The molecule has 0 spiro atoms. The van der Waals surface area contributed by atoms with Gasteiger partial charge in [0.1, 0.15) is 24.7 Å². The van der Waals surface area contributed by atoms with E-state index in [1.54, 1.807) is 0 Å². The first-order valence-electron chi connectivity index (χ1n) is 9.87. The summed E-state index contributed by atoms with van der Waals surface area (Å²) >= 11 is 0. The van der Waals surface area contributed by atoms with E-state index < -0.39 is 0 Å². The zero-order valence-corrected chi connectivity index (χ0v) is 17.1. The molecule has 3 aromatic rings. The van der Waals surface area contributed by atoms with Crippen LogP contribution in [0.15, 0.2) is 54.6 Å². The van der Waals surface area contributed by atoms with Crippen molar-refractivity contribution in [1.29, 1.82) is 0 Å². The van der Waals surface area contributed by atoms with Crippen LogP contribution in [-0.4, -0.2) is 32.9 Å². The molecule has 1 aromatic heterocycles. The van der Waals surface area contributed by atoms with E-state index in [-0.39, 0.29) is 18.5 Å². The van der Waals surface area contributed by atoms with Crippen LogP contribution in [0.1, 0.15) is 33.5 Å². The Bertz CT molecular complexity index is 916. The van der Waals surface area contributed by atoms with Crippen molar-refractivity contribution in [2.45, 2.75) is 46.9 Å². The van der Waals surface area contributed by atoms with Crippen molar-refractivity contribution in [3.05, 3.63) is 60.4 Å². The molecule has 0 atom stereocenters. The molecule has 0 aliphatic rings. The Kier molecular flexibility index (Phi) is 6.34. The molecule has 0 saturated carbocycles. The normalized spacial score (nSPS) is 11.4. The maximum absolute atomic E-state index is 13.1. The van der Waals surface area contributed by atoms with Gasteiger partial charge in [-0.3, -0.25) is 4.79 Å². The van der Waals surface area contributed by atoms with Crippen LogP contribution in [0.25, 0.3) is 11.0 Å². The van der Waals surface area contributed by atoms with Crippen molar-refractivity contribution in [3.63, 3.8) is 0 Å². The molecule has 28 heavy (non-hydrogen) atoms. The van der Waals surface area contributed by atoms with Gasteiger partial charge in [0.25, 0.3) is 0 Å². The second-order valence-corrected chi connectivity index (χ2v) is 7.74. The number of carbonyl (C=O) groups is 1. The number of carbonyl (C=O) groups excluding carboxylic acids is 1. The minimum atomic E-state index is 0.104. The number of hydrogen-bond acceptors (Lipinski definition) is 3. The van der Waals surface area contributed by atoms with Gasteiger partial charge in [0.15, 0.2) is 0 Å². The van der Waals surface area contributed by atoms with Gasteiger partial charge in [0.05, 0.1) is 11.0 Å². The first-order chi connectivity index (χ1) is 13.5. The highest BCUT2D eigenvalue weighted by Crippen LogP contribution is 2.19. The van der Waals surface area contributed by atoms with Crippen LogP contribution in [0.3, 0.4) is 0 Å². The molecule has 0 bridgehead atoms. The number of nitrogens with zero attached hydrogens (tertiary/aromatic N) is 3. The lowest BCUT2D eigenvalue weighted by Crippen LogP contribution is -2.41. The van der Waals surface area contributed by atoms with Gasteiger partial charge in [0.2, 0.25) is 5.91 Å². The molecule has 0 aliphatic heterocycles. The van der Waals surface area contributed by atoms with E-state index in [2.05, 4.69) is 27.7 Å². The second-order valence-electron chi connectivity index (χ2n) is 7.74. The topological polar surface area (TPSA) is 47.4 Å². The van der Waals surface area contributed by atoms with Crippen molar-refractivity contribution in [2.24, 2.45) is 5.92 Å². The molecule has 0 fully saturated rings. The highest BCUT2D eigenvalue weighted by Gasteiger charge is 2.21. The van der Waals surface area contributed by atoms with E-state index in [4.69, 9.17) is 9.72 Å². The molecule has 0 aliphatic carbocycles. The Balaban J connectivity index is 1.87. The fourth-order valence-corrected chi connectivity index (χ4v) is 3.30. The largest absolute Gasteiger partial charge is 0.486 e. The molecule has 1 heterocycles. The van der Waals surface area contributed by atoms with Crippen molar-refractivity contribution >= 4 is 16.9 Å². The summed E-state index contributed by atoms with van der Waals surface area (Å²) in [5, 5.41) is 0. The van der Waals surface area contributed by atoms with Gasteiger partial charge in [-0.2, -0.15) is 0 Å². The number of benzene rings is 2. The highest BCUT2D eigenvalue weighted by atomic mass is 16.5. The molecule has 1 amide bonds. The number of fused-ring (bicyclic) bond motifs is 1. The lowest BCUT2D eigenvalue weighted by atomic mass is 10.1. The number of imidazole rings is 1. The van der Waals surface area contributed by atoms with Crippen molar-refractivity contribution in [1.82, 2.24) is 14.5 Å². The third-order valence-electron chi connectivity index (χ3n) is 4.64. The molecule has 0 unspecified atom stereocenters. The van der Waals surface area contributed by atoms with Crippen LogP contribution in [0, 0.1) is 5.92 Å². The zero-order chi connectivity index (χ0) is 20.1. The van der Waals surface area contributed by atoms with Crippen molar-refractivity contribution in [3.8, 4) is 5.75 Å². The molecule has 3 rings (SSSR count). The molecule has 0 radical (unpaired) electrons. The Morgan fingerprint density at radius 3 is 2.39 bits per heavy atom. The van der Waals surface area contributed by atoms with Gasteiger partial charge < -0.3 is 14.2 Å². The first-order valence-corrected chi connectivity index (χ1v) is 9.87. The Hall–Kier alpha value is -2.82. The van der Waals surface area contributed by atoms with Crippen LogP contribution in [0.2, 0.25) is 0 Å². The molecular formula is C23H29N3O2. The summed E-state index contributed by atoms with van der Waals surface area (Å²) in [7, 11) is 0. The maximum atomic E-state index is 13.1. The summed E-state index contributed by atoms with van der Waals surface area (Å²) < 4.78 is 7.89. The average Bonchev–Trinajstić information content (AvgIpc) is 3.02. The predicted octanol–water partition coefficient (Wildman–Crippen LogP) is 4.51. The SMILES string of the molecule is CC(C)CN(C(=O)Cn1c(COc2ccccc2)nc2ccccc21)C(C)C. The lowest BCUT2D eigenvalue weighted by Gasteiger charge is -2.29. The standard InChI is InChI=1S/C23H29N3O2/c1-17(2)14-25(18(3)4)23(27)15-26-21-13-9-8-12-20(21)24-22(26)16-28-19-10-6-5-7-11-19/h5-13,17-18H,14-16H2,1-4H3.